The zero-order valence-electron chi connectivity index (χ0n) is 15.9. The van der Waals surface area contributed by atoms with Crippen LogP contribution in [0.2, 0.25) is 0 Å². The molecule has 2 aliphatic rings. The predicted octanol–water partition coefficient (Wildman–Crippen LogP) is 4.41. The fourth-order valence-corrected chi connectivity index (χ4v) is 3.70. The topological polar surface area (TPSA) is 62.7 Å². The Hall–Kier alpha value is -2.73. The fourth-order valence-electron chi connectivity index (χ4n) is 3.70. The van der Waals surface area contributed by atoms with Gasteiger partial charge >= 0.3 is 0 Å². The Balaban J connectivity index is 1.43. The van der Waals surface area contributed by atoms with E-state index in [1.165, 1.54) is 12.1 Å². The maximum atomic E-state index is 13.5. The first-order valence-corrected chi connectivity index (χ1v) is 9.67. The van der Waals surface area contributed by atoms with E-state index in [0.29, 0.717) is 17.2 Å². The van der Waals surface area contributed by atoms with Crippen LogP contribution < -0.4 is 10.6 Å². The van der Waals surface area contributed by atoms with E-state index in [1.807, 2.05) is 25.1 Å². The van der Waals surface area contributed by atoms with Crippen molar-refractivity contribution in [2.75, 3.05) is 30.4 Å². The van der Waals surface area contributed by atoms with Crippen molar-refractivity contribution >= 4 is 29.2 Å². The van der Waals surface area contributed by atoms with Crippen molar-refractivity contribution in [2.24, 2.45) is 10.9 Å². The summed E-state index contributed by atoms with van der Waals surface area (Å²) < 4.78 is 18.9. The van der Waals surface area contributed by atoms with Gasteiger partial charge in [0, 0.05) is 37.3 Å². The summed E-state index contributed by atoms with van der Waals surface area (Å²) in [7, 11) is 0. The smallest absolute Gasteiger partial charge is 0.237 e. The van der Waals surface area contributed by atoms with E-state index in [1.54, 1.807) is 12.3 Å². The van der Waals surface area contributed by atoms with Crippen LogP contribution in [0, 0.1) is 18.7 Å². The van der Waals surface area contributed by atoms with E-state index in [-0.39, 0.29) is 11.7 Å². The Morgan fingerprint density at radius 3 is 2.86 bits per heavy atom. The van der Waals surface area contributed by atoms with Crippen LogP contribution >= 0.6 is 0 Å². The van der Waals surface area contributed by atoms with Gasteiger partial charge in [-0.15, -0.1) is 0 Å². The Morgan fingerprint density at radius 2 is 2.07 bits per heavy atom. The third-order valence-electron chi connectivity index (χ3n) is 5.39. The molecule has 5 nitrogen and oxygen atoms in total. The summed E-state index contributed by atoms with van der Waals surface area (Å²) in [6.45, 7) is 4.68. The van der Waals surface area contributed by atoms with Gasteiger partial charge in [-0.2, -0.15) is 0 Å². The van der Waals surface area contributed by atoms with Gasteiger partial charge in [0.2, 0.25) is 5.91 Å². The molecule has 0 bridgehead atoms. The lowest BCUT2D eigenvalue weighted by atomic mass is 10.00. The van der Waals surface area contributed by atoms with Crippen LogP contribution in [0.4, 0.5) is 21.5 Å². The molecule has 1 amide bonds. The van der Waals surface area contributed by atoms with Crippen molar-refractivity contribution in [3.63, 3.8) is 0 Å². The van der Waals surface area contributed by atoms with Crippen LogP contribution in [-0.4, -0.2) is 31.9 Å². The number of carbonyl (C=O) groups excluding carboxylic acids is 1. The molecule has 1 saturated heterocycles. The number of ether oxygens (including phenoxy) is 1. The van der Waals surface area contributed by atoms with Gasteiger partial charge in [0.05, 0.1) is 5.69 Å². The SMILES string of the molecule is Cc1cc(N=CC2C(=O)Nc3ccc(F)cc32)ccc1NCC1CCOCC1. The summed E-state index contributed by atoms with van der Waals surface area (Å²) >= 11 is 0. The summed E-state index contributed by atoms with van der Waals surface area (Å²) in [5.74, 6) is -0.468. The number of aryl methyl sites for hydroxylation is 1. The Bertz CT molecular complexity index is 907. The third kappa shape index (κ3) is 4.07. The molecular weight excluding hydrogens is 357 g/mol. The minimum Gasteiger partial charge on any atom is -0.385 e. The summed E-state index contributed by atoms with van der Waals surface area (Å²) in [6.07, 6.45) is 3.78. The molecule has 2 N–H and O–H groups in total. The quantitative estimate of drug-likeness (QED) is 0.754. The summed E-state index contributed by atoms with van der Waals surface area (Å²) in [4.78, 5) is 16.6. The minimum atomic E-state index is -0.572. The number of rotatable bonds is 5. The second kappa shape index (κ2) is 8.10. The number of amides is 1. The molecule has 6 heteroatoms. The molecule has 0 radical (unpaired) electrons. The van der Waals surface area contributed by atoms with Crippen molar-refractivity contribution in [3.05, 3.63) is 53.3 Å². The van der Waals surface area contributed by atoms with E-state index in [0.717, 1.165) is 49.5 Å². The number of carbonyl (C=O) groups is 1. The van der Waals surface area contributed by atoms with Gasteiger partial charge in [-0.05, 0) is 73.2 Å². The Kier molecular flexibility index (Phi) is 5.39. The number of benzene rings is 2. The monoisotopic (exact) mass is 381 g/mol. The zero-order chi connectivity index (χ0) is 19.5. The average Bonchev–Trinajstić information content (AvgIpc) is 3.01. The van der Waals surface area contributed by atoms with Crippen molar-refractivity contribution < 1.29 is 13.9 Å². The van der Waals surface area contributed by atoms with Crippen LogP contribution in [0.15, 0.2) is 41.4 Å². The number of nitrogens with zero attached hydrogens (tertiary/aromatic N) is 1. The number of hydrogen-bond donors (Lipinski definition) is 2. The highest BCUT2D eigenvalue weighted by Gasteiger charge is 2.29. The second-order valence-corrected chi connectivity index (χ2v) is 7.41. The molecule has 1 fully saturated rings. The van der Waals surface area contributed by atoms with Crippen LogP contribution in [0.3, 0.4) is 0 Å². The number of hydrogen-bond acceptors (Lipinski definition) is 4. The lowest BCUT2D eigenvalue weighted by Gasteiger charge is -2.23. The first kappa shape index (κ1) is 18.6. The highest BCUT2D eigenvalue weighted by atomic mass is 19.1. The van der Waals surface area contributed by atoms with E-state index in [4.69, 9.17) is 4.74 Å². The van der Waals surface area contributed by atoms with Gasteiger partial charge < -0.3 is 15.4 Å². The highest BCUT2D eigenvalue weighted by molar-refractivity contribution is 6.12. The van der Waals surface area contributed by atoms with Gasteiger partial charge in [-0.1, -0.05) is 0 Å². The van der Waals surface area contributed by atoms with Gasteiger partial charge in [0.25, 0.3) is 0 Å². The van der Waals surface area contributed by atoms with Crippen molar-refractivity contribution in [3.8, 4) is 0 Å². The molecule has 146 valence electrons. The molecule has 0 aliphatic carbocycles. The average molecular weight is 381 g/mol. The van der Waals surface area contributed by atoms with E-state index in [2.05, 4.69) is 15.6 Å². The normalized spacial score (nSPS) is 19.6. The van der Waals surface area contributed by atoms with Gasteiger partial charge in [0.1, 0.15) is 11.7 Å². The van der Waals surface area contributed by atoms with Crippen LogP contribution in [-0.2, 0) is 9.53 Å². The molecular formula is C22H24FN3O2. The first-order valence-electron chi connectivity index (χ1n) is 9.67. The number of aliphatic imine (C=N–C) groups is 1. The minimum absolute atomic E-state index is 0.184. The maximum Gasteiger partial charge on any atom is 0.237 e. The lowest BCUT2D eigenvalue weighted by Crippen LogP contribution is -2.22. The Morgan fingerprint density at radius 1 is 1.25 bits per heavy atom. The molecule has 2 aromatic rings. The van der Waals surface area contributed by atoms with E-state index >= 15 is 0 Å². The van der Waals surface area contributed by atoms with Gasteiger partial charge in [-0.3, -0.25) is 9.79 Å². The Labute approximate surface area is 164 Å². The molecule has 1 unspecified atom stereocenters. The first-order chi connectivity index (χ1) is 13.6. The lowest BCUT2D eigenvalue weighted by molar-refractivity contribution is -0.115. The molecule has 4 rings (SSSR count). The van der Waals surface area contributed by atoms with Crippen molar-refractivity contribution in [1.82, 2.24) is 0 Å². The van der Waals surface area contributed by atoms with E-state index in [9.17, 15) is 9.18 Å². The highest BCUT2D eigenvalue weighted by Crippen LogP contribution is 2.32. The molecule has 28 heavy (non-hydrogen) atoms. The summed E-state index contributed by atoms with van der Waals surface area (Å²) in [6, 6.07) is 10.2. The van der Waals surface area contributed by atoms with E-state index < -0.39 is 5.92 Å². The van der Waals surface area contributed by atoms with Crippen LogP contribution in [0.5, 0.6) is 0 Å². The van der Waals surface area contributed by atoms with Crippen molar-refractivity contribution in [2.45, 2.75) is 25.7 Å². The number of anilines is 2. The summed E-state index contributed by atoms with van der Waals surface area (Å²) in [5, 5.41) is 6.28. The maximum absolute atomic E-state index is 13.5. The molecule has 2 heterocycles. The van der Waals surface area contributed by atoms with Crippen LogP contribution in [0.25, 0.3) is 0 Å². The number of halogens is 1. The number of fused-ring (bicyclic) bond motifs is 1. The zero-order valence-corrected chi connectivity index (χ0v) is 15.9. The number of nitrogens with one attached hydrogen (secondary N) is 2. The second-order valence-electron chi connectivity index (χ2n) is 7.41. The van der Waals surface area contributed by atoms with Gasteiger partial charge in [-0.25, -0.2) is 4.39 Å². The fraction of sp³-hybridized carbons (Fsp3) is 0.364. The molecule has 0 aromatic heterocycles. The molecule has 2 aromatic carbocycles. The summed E-state index contributed by atoms with van der Waals surface area (Å²) in [5.41, 5.74) is 4.24. The molecule has 1 atom stereocenters. The standard InChI is InChI=1S/C22H24FN3O2/c1-14-10-17(3-5-20(14)25-12-15-6-8-28-9-7-15)24-13-19-18-11-16(23)2-4-21(18)26-22(19)27/h2-5,10-11,13,15,19,25H,6-9,12H2,1H3,(H,26,27). The van der Waals surface area contributed by atoms with Gasteiger partial charge in [0.15, 0.2) is 0 Å². The molecule has 0 spiro atoms. The molecule has 0 saturated carbocycles. The van der Waals surface area contributed by atoms with Crippen LogP contribution in [0.1, 0.15) is 29.9 Å². The largest absolute Gasteiger partial charge is 0.385 e. The van der Waals surface area contributed by atoms with Crippen molar-refractivity contribution in [1.29, 1.82) is 0 Å². The third-order valence-corrected chi connectivity index (χ3v) is 5.39. The predicted molar refractivity (Wildman–Crippen MR) is 109 cm³/mol. The molecule has 2 aliphatic heterocycles.